The van der Waals surface area contributed by atoms with Gasteiger partial charge in [0.1, 0.15) is 0 Å². The zero-order chi connectivity index (χ0) is 13.6. The van der Waals surface area contributed by atoms with Gasteiger partial charge >= 0.3 is 0 Å². The normalized spacial score (nSPS) is 25.1. The lowest BCUT2D eigenvalue weighted by Crippen LogP contribution is -2.39. The van der Waals surface area contributed by atoms with Gasteiger partial charge in [0.25, 0.3) is 0 Å². The van der Waals surface area contributed by atoms with Crippen molar-refractivity contribution in [2.24, 2.45) is 5.92 Å². The predicted octanol–water partition coefficient (Wildman–Crippen LogP) is 2.10. The molecule has 0 radical (unpaired) electrons. The third kappa shape index (κ3) is 4.01. The van der Waals surface area contributed by atoms with Gasteiger partial charge in [0.05, 0.1) is 19.3 Å². The molecule has 3 heterocycles. The SMILES string of the molecule is c1cncc(COC2CCN(C[C@@H]3CCOC3)CC2)c1. The molecule has 110 valence electrons. The highest BCUT2D eigenvalue weighted by Gasteiger charge is 2.24. The van der Waals surface area contributed by atoms with Crippen molar-refractivity contribution < 1.29 is 9.47 Å². The Morgan fingerprint density at radius 2 is 2.20 bits per heavy atom. The summed E-state index contributed by atoms with van der Waals surface area (Å²) >= 11 is 0. The van der Waals surface area contributed by atoms with E-state index in [1.165, 1.54) is 13.0 Å². The van der Waals surface area contributed by atoms with Crippen LogP contribution in [-0.4, -0.2) is 48.8 Å². The van der Waals surface area contributed by atoms with E-state index in [4.69, 9.17) is 9.47 Å². The van der Waals surface area contributed by atoms with Gasteiger partial charge in [-0.2, -0.15) is 0 Å². The Balaban J connectivity index is 1.35. The van der Waals surface area contributed by atoms with Crippen LogP contribution in [-0.2, 0) is 16.1 Å². The number of likely N-dealkylation sites (tertiary alicyclic amines) is 1. The number of nitrogens with zero attached hydrogens (tertiary/aromatic N) is 2. The smallest absolute Gasteiger partial charge is 0.0735 e. The average Bonchev–Trinajstić information content (AvgIpc) is 3.01. The van der Waals surface area contributed by atoms with Crippen molar-refractivity contribution in [2.45, 2.75) is 32.0 Å². The number of pyridine rings is 1. The van der Waals surface area contributed by atoms with Gasteiger partial charge in [-0.25, -0.2) is 0 Å². The highest BCUT2D eigenvalue weighted by atomic mass is 16.5. The maximum absolute atomic E-state index is 6.00. The minimum Gasteiger partial charge on any atom is -0.381 e. The molecule has 0 unspecified atom stereocenters. The van der Waals surface area contributed by atoms with Gasteiger partial charge < -0.3 is 14.4 Å². The van der Waals surface area contributed by atoms with E-state index in [1.807, 2.05) is 12.3 Å². The summed E-state index contributed by atoms with van der Waals surface area (Å²) in [6, 6.07) is 4.03. The van der Waals surface area contributed by atoms with Crippen molar-refractivity contribution in [1.29, 1.82) is 0 Å². The van der Waals surface area contributed by atoms with Crippen molar-refractivity contribution in [2.75, 3.05) is 32.8 Å². The van der Waals surface area contributed by atoms with Crippen LogP contribution in [0.4, 0.5) is 0 Å². The quantitative estimate of drug-likeness (QED) is 0.825. The lowest BCUT2D eigenvalue weighted by molar-refractivity contribution is -0.00534. The van der Waals surface area contributed by atoms with Crippen LogP contribution >= 0.6 is 0 Å². The molecule has 4 nitrogen and oxygen atoms in total. The summed E-state index contributed by atoms with van der Waals surface area (Å²) in [4.78, 5) is 6.69. The highest BCUT2D eigenvalue weighted by molar-refractivity contribution is 5.06. The van der Waals surface area contributed by atoms with Gasteiger partial charge in [-0.05, 0) is 36.8 Å². The Kier molecular flexibility index (Phi) is 5.01. The molecule has 2 fully saturated rings. The van der Waals surface area contributed by atoms with Crippen LogP contribution < -0.4 is 0 Å². The summed E-state index contributed by atoms with van der Waals surface area (Å²) in [7, 11) is 0. The molecule has 4 heteroatoms. The Hall–Kier alpha value is -0.970. The van der Waals surface area contributed by atoms with E-state index in [0.29, 0.717) is 12.7 Å². The second kappa shape index (κ2) is 7.16. The van der Waals surface area contributed by atoms with Crippen LogP contribution in [0.5, 0.6) is 0 Å². The van der Waals surface area contributed by atoms with Crippen molar-refractivity contribution in [3.63, 3.8) is 0 Å². The van der Waals surface area contributed by atoms with Crippen LogP contribution in [0.1, 0.15) is 24.8 Å². The molecule has 0 spiro atoms. The molecular formula is C16H24N2O2. The van der Waals surface area contributed by atoms with Gasteiger partial charge in [0.2, 0.25) is 0 Å². The first-order valence-corrected chi connectivity index (χ1v) is 7.71. The molecule has 0 aliphatic carbocycles. The van der Waals surface area contributed by atoms with Crippen LogP contribution in [0.25, 0.3) is 0 Å². The van der Waals surface area contributed by atoms with E-state index in [1.54, 1.807) is 6.20 Å². The first kappa shape index (κ1) is 14.0. The van der Waals surface area contributed by atoms with Gasteiger partial charge in [-0.15, -0.1) is 0 Å². The van der Waals surface area contributed by atoms with Crippen molar-refractivity contribution in [1.82, 2.24) is 9.88 Å². The van der Waals surface area contributed by atoms with Gasteiger partial charge in [0.15, 0.2) is 0 Å². The summed E-state index contributed by atoms with van der Waals surface area (Å²) in [6.45, 7) is 6.12. The molecule has 0 bridgehead atoms. The number of rotatable bonds is 5. The monoisotopic (exact) mass is 276 g/mol. The van der Waals surface area contributed by atoms with E-state index in [2.05, 4.69) is 16.0 Å². The van der Waals surface area contributed by atoms with E-state index in [0.717, 1.165) is 50.6 Å². The van der Waals surface area contributed by atoms with Crippen molar-refractivity contribution in [3.8, 4) is 0 Å². The Labute approximate surface area is 121 Å². The molecule has 1 aromatic rings. The molecular weight excluding hydrogens is 252 g/mol. The molecule has 0 N–H and O–H groups in total. The molecule has 0 aromatic carbocycles. The average molecular weight is 276 g/mol. The zero-order valence-corrected chi connectivity index (χ0v) is 12.0. The van der Waals surface area contributed by atoms with Gasteiger partial charge in [-0.3, -0.25) is 4.98 Å². The first-order valence-electron chi connectivity index (χ1n) is 7.71. The topological polar surface area (TPSA) is 34.6 Å². The summed E-state index contributed by atoms with van der Waals surface area (Å²) in [5, 5.41) is 0. The molecule has 0 saturated carbocycles. The standard InChI is InChI=1S/C16H24N2O2/c1-2-14(10-17-6-1)13-20-16-3-7-18(8-4-16)11-15-5-9-19-12-15/h1-2,6,10,15-16H,3-5,7-9,11-13H2/t15-/m0/s1. The highest BCUT2D eigenvalue weighted by Crippen LogP contribution is 2.19. The van der Waals surface area contributed by atoms with Crippen molar-refractivity contribution >= 4 is 0 Å². The van der Waals surface area contributed by atoms with E-state index < -0.39 is 0 Å². The fraction of sp³-hybridized carbons (Fsp3) is 0.688. The number of aromatic nitrogens is 1. The van der Waals surface area contributed by atoms with Gasteiger partial charge in [-0.1, -0.05) is 6.07 Å². The lowest BCUT2D eigenvalue weighted by Gasteiger charge is -2.33. The second-order valence-corrected chi connectivity index (χ2v) is 5.90. The molecule has 3 rings (SSSR count). The molecule has 0 amide bonds. The largest absolute Gasteiger partial charge is 0.381 e. The first-order chi connectivity index (χ1) is 9.90. The number of hydrogen-bond acceptors (Lipinski definition) is 4. The number of piperidine rings is 1. The Morgan fingerprint density at radius 1 is 1.30 bits per heavy atom. The zero-order valence-electron chi connectivity index (χ0n) is 12.0. The predicted molar refractivity (Wildman–Crippen MR) is 77.4 cm³/mol. The molecule has 1 atom stereocenters. The molecule has 2 saturated heterocycles. The fourth-order valence-corrected chi connectivity index (χ4v) is 3.05. The minimum atomic E-state index is 0.409. The fourth-order valence-electron chi connectivity index (χ4n) is 3.05. The van der Waals surface area contributed by atoms with Crippen LogP contribution in [0.2, 0.25) is 0 Å². The number of ether oxygens (including phenoxy) is 2. The van der Waals surface area contributed by atoms with Crippen LogP contribution in [0.15, 0.2) is 24.5 Å². The summed E-state index contributed by atoms with van der Waals surface area (Å²) < 4.78 is 11.4. The number of hydrogen-bond donors (Lipinski definition) is 0. The minimum absolute atomic E-state index is 0.409. The molecule has 20 heavy (non-hydrogen) atoms. The second-order valence-electron chi connectivity index (χ2n) is 5.90. The molecule has 1 aromatic heterocycles. The maximum Gasteiger partial charge on any atom is 0.0735 e. The summed E-state index contributed by atoms with van der Waals surface area (Å²) in [5.41, 5.74) is 1.16. The Morgan fingerprint density at radius 3 is 2.90 bits per heavy atom. The van der Waals surface area contributed by atoms with Crippen molar-refractivity contribution in [3.05, 3.63) is 30.1 Å². The molecule has 2 aliphatic heterocycles. The van der Waals surface area contributed by atoms with E-state index in [-0.39, 0.29) is 0 Å². The lowest BCUT2D eigenvalue weighted by atomic mass is 10.0. The summed E-state index contributed by atoms with van der Waals surface area (Å²) in [5.74, 6) is 0.753. The van der Waals surface area contributed by atoms with Crippen LogP contribution in [0.3, 0.4) is 0 Å². The maximum atomic E-state index is 6.00. The van der Waals surface area contributed by atoms with E-state index >= 15 is 0 Å². The Bertz CT molecular complexity index is 385. The van der Waals surface area contributed by atoms with Gasteiger partial charge in [0, 0.05) is 38.6 Å². The third-order valence-electron chi connectivity index (χ3n) is 4.28. The molecule has 2 aliphatic rings. The van der Waals surface area contributed by atoms with E-state index in [9.17, 15) is 0 Å². The van der Waals surface area contributed by atoms with Crippen LogP contribution in [0, 0.1) is 5.92 Å². The summed E-state index contributed by atoms with van der Waals surface area (Å²) in [6.07, 6.45) is 7.62. The third-order valence-corrected chi connectivity index (χ3v) is 4.28.